The number of aromatic nitrogens is 1. The number of aliphatic hydroxyl groups is 1. The summed E-state index contributed by atoms with van der Waals surface area (Å²) in [5.74, 6) is 1.36. The summed E-state index contributed by atoms with van der Waals surface area (Å²) in [7, 11) is 0. The molecule has 0 aliphatic heterocycles. The van der Waals surface area contributed by atoms with Crippen LogP contribution in [0.1, 0.15) is 10.6 Å². The average Bonchev–Trinajstić information content (AvgIpc) is 3.30. The van der Waals surface area contributed by atoms with Crippen LogP contribution in [0.4, 0.5) is 0 Å². The van der Waals surface area contributed by atoms with E-state index in [1.165, 1.54) is 0 Å². The van der Waals surface area contributed by atoms with Crippen LogP contribution in [0.15, 0.2) is 41.8 Å². The van der Waals surface area contributed by atoms with Gasteiger partial charge in [0, 0.05) is 11.5 Å². The van der Waals surface area contributed by atoms with Gasteiger partial charge in [0.25, 0.3) is 0 Å². The molecule has 2 aromatic heterocycles. The smallest absolute Gasteiger partial charge is 0.129 e. The maximum absolute atomic E-state index is 10.2. The van der Waals surface area contributed by atoms with Crippen LogP contribution in [0.25, 0.3) is 20.3 Å². The molecule has 1 atom stereocenters. The van der Waals surface area contributed by atoms with Gasteiger partial charge in [0.2, 0.25) is 0 Å². The third kappa shape index (κ3) is 3.74. The number of hydrogen-bond donors (Lipinski definition) is 1. The van der Waals surface area contributed by atoms with Gasteiger partial charge >= 0.3 is 0 Å². The van der Waals surface area contributed by atoms with Gasteiger partial charge in [0.1, 0.15) is 30.8 Å². The Labute approximate surface area is 164 Å². The van der Waals surface area contributed by atoms with Crippen molar-refractivity contribution in [2.24, 2.45) is 0 Å². The van der Waals surface area contributed by atoms with Crippen molar-refractivity contribution in [3.05, 3.63) is 52.3 Å². The van der Waals surface area contributed by atoms with E-state index in [-0.39, 0.29) is 13.2 Å². The zero-order chi connectivity index (χ0) is 18.8. The molecule has 4 rings (SSSR count). The molecular weight excluding hydrogens is 380 g/mol. The van der Waals surface area contributed by atoms with Gasteiger partial charge in [0.05, 0.1) is 31.6 Å². The van der Waals surface area contributed by atoms with Crippen LogP contribution >= 0.6 is 22.7 Å². The largest absolute Gasteiger partial charge is 0.491 e. The zero-order valence-electron chi connectivity index (χ0n) is 14.5. The van der Waals surface area contributed by atoms with E-state index in [0.717, 1.165) is 31.1 Å². The number of thiazole rings is 1. The molecule has 4 aromatic rings. The molecule has 0 saturated heterocycles. The van der Waals surface area contributed by atoms with E-state index in [1.807, 2.05) is 24.4 Å². The van der Waals surface area contributed by atoms with E-state index in [9.17, 15) is 5.11 Å². The molecule has 0 aliphatic rings. The van der Waals surface area contributed by atoms with Gasteiger partial charge in [-0.25, -0.2) is 4.98 Å². The summed E-state index contributed by atoms with van der Waals surface area (Å²) in [5.41, 5.74) is 1.58. The SMILES string of the molecule is Cc1nc2c(cc(OC[C@@H](O)COc3ccc(C#N)cc3)c3ccsc32)s1. The number of ether oxygens (including phenoxy) is 2. The lowest BCUT2D eigenvalue weighted by Crippen LogP contribution is -2.25. The minimum atomic E-state index is -0.770. The van der Waals surface area contributed by atoms with E-state index in [0.29, 0.717) is 11.3 Å². The lowest BCUT2D eigenvalue weighted by Gasteiger charge is -2.14. The topological polar surface area (TPSA) is 75.4 Å². The molecule has 0 fully saturated rings. The van der Waals surface area contributed by atoms with Gasteiger partial charge in [-0.05, 0) is 42.6 Å². The number of hydrogen-bond acceptors (Lipinski definition) is 7. The number of thiophene rings is 1. The Hall–Kier alpha value is -2.66. The first-order chi connectivity index (χ1) is 13.1. The third-order valence-electron chi connectivity index (χ3n) is 4.03. The molecule has 0 aliphatic carbocycles. The predicted molar refractivity (Wildman–Crippen MR) is 108 cm³/mol. The number of aliphatic hydroxyl groups excluding tert-OH is 1. The quantitative estimate of drug-likeness (QED) is 0.519. The number of nitriles is 1. The van der Waals surface area contributed by atoms with Crippen molar-refractivity contribution < 1.29 is 14.6 Å². The first-order valence-electron chi connectivity index (χ1n) is 8.35. The molecule has 0 amide bonds. The second-order valence-corrected chi connectivity index (χ2v) is 8.18. The second-order valence-electron chi connectivity index (χ2n) is 6.03. The monoisotopic (exact) mass is 396 g/mol. The maximum atomic E-state index is 10.2. The Kier molecular flexibility index (Phi) is 4.94. The van der Waals surface area contributed by atoms with Crippen molar-refractivity contribution in [3.63, 3.8) is 0 Å². The summed E-state index contributed by atoms with van der Waals surface area (Å²) in [5, 5.41) is 23.1. The van der Waals surface area contributed by atoms with Crippen molar-refractivity contribution >= 4 is 43.0 Å². The van der Waals surface area contributed by atoms with E-state index in [4.69, 9.17) is 14.7 Å². The van der Waals surface area contributed by atoms with Crippen LogP contribution in [-0.2, 0) is 0 Å². The molecule has 2 aromatic carbocycles. The van der Waals surface area contributed by atoms with Crippen molar-refractivity contribution in [3.8, 4) is 17.6 Å². The number of rotatable bonds is 6. The van der Waals surface area contributed by atoms with E-state index in [2.05, 4.69) is 11.1 Å². The zero-order valence-corrected chi connectivity index (χ0v) is 16.1. The van der Waals surface area contributed by atoms with E-state index >= 15 is 0 Å². The molecular formula is C20H16N2O3S2. The van der Waals surface area contributed by atoms with Gasteiger partial charge in [-0.1, -0.05) is 0 Å². The fourth-order valence-corrected chi connectivity index (χ4v) is 4.59. The molecule has 0 spiro atoms. The minimum Gasteiger partial charge on any atom is -0.491 e. The summed E-state index contributed by atoms with van der Waals surface area (Å²) in [6.45, 7) is 2.24. The number of benzene rings is 2. The summed E-state index contributed by atoms with van der Waals surface area (Å²) in [6.07, 6.45) is -0.770. The van der Waals surface area contributed by atoms with Crippen molar-refractivity contribution in [1.82, 2.24) is 4.98 Å². The van der Waals surface area contributed by atoms with Crippen LogP contribution in [0.5, 0.6) is 11.5 Å². The Bertz CT molecular complexity index is 1130. The third-order valence-corrected chi connectivity index (χ3v) is 5.86. The molecule has 136 valence electrons. The van der Waals surface area contributed by atoms with Gasteiger partial charge in [-0.2, -0.15) is 5.26 Å². The van der Waals surface area contributed by atoms with Crippen LogP contribution in [-0.4, -0.2) is 29.4 Å². The van der Waals surface area contributed by atoms with Gasteiger partial charge in [-0.15, -0.1) is 22.7 Å². The van der Waals surface area contributed by atoms with Crippen LogP contribution in [0, 0.1) is 18.3 Å². The molecule has 0 saturated carbocycles. The maximum Gasteiger partial charge on any atom is 0.129 e. The summed E-state index contributed by atoms with van der Waals surface area (Å²) < 4.78 is 13.6. The second kappa shape index (κ2) is 7.53. The first kappa shape index (κ1) is 17.7. The molecule has 5 nitrogen and oxygen atoms in total. The van der Waals surface area contributed by atoms with Crippen molar-refractivity contribution in [2.75, 3.05) is 13.2 Å². The Morgan fingerprint density at radius 2 is 1.96 bits per heavy atom. The highest BCUT2D eigenvalue weighted by molar-refractivity contribution is 7.21. The summed E-state index contributed by atoms with van der Waals surface area (Å²) in [6, 6.07) is 12.8. The van der Waals surface area contributed by atoms with E-state index in [1.54, 1.807) is 46.9 Å². The Morgan fingerprint density at radius 3 is 2.74 bits per heavy atom. The fraction of sp³-hybridized carbons (Fsp3) is 0.200. The Balaban J connectivity index is 1.42. The molecule has 27 heavy (non-hydrogen) atoms. The van der Waals surface area contributed by atoms with Crippen molar-refractivity contribution in [2.45, 2.75) is 13.0 Å². The summed E-state index contributed by atoms with van der Waals surface area (Å²) >= 11 is 3.28. The summed E-state index contributed by atoms with van der Waals surface area (Å²) in [4.78, 5) is 4.61. The van der Waals surface area contributed by atoms with Gasteiger partial charge in [0.15, 0.2) is 0 Å². The predicted octanol–water partition coefficient (Wildman–Crippen LogP) is 4.51. The molecule has 7 heteroatoms. The van der Waals surface area contributed by atoms with Crippen LogP contribution in [0.2, 0.25) is 0 Å². The Morgan fingerprint density at radius 1 is 1.19 bits per heavy atom. The number of fused-ring (bicyclic) bond motifs is 3. The highest BCUT2D eigenvalue weighted by Crippen LogP contribution is 2.38. The van der Waals surface area contributed by atoms with Crippen molar-refractivity contribution in [1.29, 1.82) is 5.26 Å². The molecule has 2 heterocycles. The first-order valence-corrected chi connectivity index (χ1v) is 10.0. The lowest BCUT2D eigenvalue weighted by atomic mass is 10.2. The minimum absolute atomic E-state index is 0.112. The molecule has 0 radical (unpaired) electrons. The average molecular weight is 396 g/mol. The highest BCUT2D eigenvalue weighted by Gasteiger charge is 2.14. The van der Waals surface area contributed by atoms with Crippen LogP contribution < -0.4 is 9.47 Å². The standard InChI is InChI=1S/C20H16N2O3S2/c1-12-22-19-18(27-12)8-17(16-6-7-26-20(16)19)25-11-14(23)10-24-15-4-2-13(9-21)3-5-15/h2-8,14,23H,10-11H2,1H3/t14-/m0/s1. The lowest BCUT2D eigenvalue weighted by molar-refractivity contribution is 0.0632. The molecule has 0 unspecified atom stereocenters. The molecule has 1 N–H and O–H groups in total. The fourth-order valence-electron chi connectivity index (χ4n) is 2.76. The highest BCUT2D eigenvalue weighted by atomic mass is 32.1. The van der Waals surface area contributed by atoms with E-state index < -0.39 is 6.10 Å². The normalized spacial score (nSPS) is 12.2. The number of aryl methyl sites for hydroxylation is 1. The molecule has 0 bridgehead atoms. The number of nitrogens with zero attached hydrogens (tertiary/aromatic N) is 2. The van der Waals surface area contributed by atoms with Gasteiger partial charge in [-0.3, -0.25) is 0 Å². The van der Waals surface area contributed by atoms with Gasteiger partial charge < -0.3 is 14.6 Å². The van der Waals surface area contributed by atoms with Crippen LogP contribution in [0.3, 0.4) is 0 Å².